The molecule has 2 saturated heterocycles. The van der Waals surface area contributed by atoms with E-state index in [-0.39, 0.29) is 28.0 Å². The monoisotopic (exact) mass is 640 g/mol. The number of aromatic hydroxyl groups is 3. The molecule has 2 aliphatic rings. The molecule has 0 bridgehead atoms. The smallest absolute Gasteiger partial charge is 0.239 e. The summed E-state index contributed by atoms with van der Waals surface area (Å²) in [5, 5.41) is 102. The summed E-state index contributed by atoms with van der Waals surface area (Å²) in [5.41, 5.74) is -1.22. The highest BCUT2D eigenvalue weighted by molar-refractivity contribution is 5.88. The van der Waals surface area contributed by atoms with Gasteiger partial charge in [-0.05, 0) is 18.2 Å². The number of fused-ring (bicyclic) bond motifs is 1. The van der Waals surface area contributed by atoms with Crippen LogP contribution in [-0.4, -0.2) is 133 Å². The fourth-order valence-electron chi connectivity index (χ4n) is 5.08. The highest BCUT2D eigenvalue weighted by Gasteiger charge is 2.51. The number of benzene rings is 2. The van der Waals surface area contributed by atoms with E-state index in [0.29, 0.717) is 0 Å². The van der Waals surface area contributed by atoms with Crippen LogP contribution in [0.3, 0.4) is 0 Å². The first kappa shape index (κ1) is 32.6. The van der Waals surface area contributed by atoms with Crippen LogP contribution < -0.4 is 14.9 Å². The summed E-state index contributed by atoms with van der Waals surface area (Å²) in [6.07, 6.45) is -17.9. The maximum absolute atomic E-state index is 13.9. The van der Waals surface area contributed by atoms with Crippen LogP contribution in [0.2, 0.25) is 0 Å². The Balaban J connectivity index is 1.62. The average molecular weight is 641 g/mol. The number of hydrogen-bond donors (Lipinski definition) is 10. The van der Waals surface area contributed by atoms with E-state index in [1.165, 1.54) is 19.2 Å². The van der Waals surface area contributed by atoms with Crippen molar-refractivity contribution >= 4 is 11.0 Å². The molecule has 0 unspecified atom stereocenters. The molecular formula is C28H32O17. The Kier molecular flexibility index (Phi) is 9.38. The molecule has 5 rings (SSSR count). The second kappa shape index (κ2) is 12.9. The van der Waals surface area contributed by atoms with Crippen LogP contribution in [0.25, 0.3) is 22.3 Å². The van der Waals surface area contributed by atoms with Crippen molar-refractivity contribution in [2.75, 3.05) is 20.3 Å². The molecule has 3 heterocycles. The van der Waals surface area contributed by atoms with E-state index in [4.69, 9.17) is 28.1 Å². The summed E-state index contributed by atoms with van der Waals surface area (Å²) in [6.45, 7) is -1.66. The number of methoxy groups -OCH3 is 1. The molecule has 1 aromatic heterocycles. The standard InChI is InChI=1S/C28H32O17/c1-40-10-5-13(33)17-14(6-10)41-24(9-2-3-11(31)12(32)4-9)25(20(17)36)44-28-26(22(38)19(35)16(8-30)43-28)45-27-23(39)21(37)18(34)15(7-29)42-27/h2-6,15-16,18-19,21-23,26-35,37-39H,7-8H2,1H3/t15-,16-,18-,19-,21+,22+,23-,26-,27+,28+/m1/s1. The number of aliphatic hydroxyl groups excluding tert-OH is 7. The Labute approximate surface area is 252 Å². The predicted octanol–water partition coefficient (Wildman–Crippen LogP) is -2.41. The van der Waals surface area contributed by atoms with Gasteiger partial charge in [0, 0.05) is 17.7 Å². The SMILES string of the molecule is COc1cc(O)c2c(=O)c(O[C@@H]3O[C@H](CO)[C@@H](O)[C@H](O)[C@H]3O[C@@H]3O[C@H](CO)[C@@H](O)[C@H](O)[C@H]3O)c(-c3ccc(O)c(O)c3)oc2c1. The van der Waals surface area contributed by atoms with E-state index < -0.39 is 103 Å². The summed E-state index contributed by atoms with van der Waals surface area (Å²) in [4.78, 5) is 13.9. The van der Waals surface area contributed by atoms with Gasteiger partial charge in [0.1, 0.15) is 65.2 Å². The van der Waals surface area contributed by atoms with Crippen molar-refractivity contribution in [2.45, 2.75) is 61.4 Å². The third-order valence-corrected chi connectivity index (χ3v) is 7.58. The van der Waals surface area contributed by atoms with Gasteiger partial charge in [-0.15, -0.1) is 0 Å². The van der Waals surface area contributed by atoms with Crippen molar-refractivity contribution in [3.8, 4) is 40.1 Å². The number of phenolic OH excluding ortho intramolecular Hbond substituents is 3. The second-order valence-electron chi connectivity index (χ2n) is 10.4. The first-order valence-corrected chi connectivity index (χ1v) is 13.5. The lowest BCUT2D eigenvalue weighted by molar-refractivity contribution is -0.358. The molecule has 2 fully saturated rings. The van der Waals surface area contributed by atoms with Crippen LogP contribution in [0, 0.1) is 0 Å². The third-order valence-electron chi connectivity index (χ3n) is 7.58. The van der Waals surface area contributed by atoms with Crippen molar-refractivity contribution < 1.29 is 79.2 Å². The molecule has 246 valence electrons. The zero-order valence-electron chi connectivity index (χ0n) is 23.4. The van der Waals surface area contributed by atoms with Crippen LogP contribution in [-0.2, 0) is 14.2 Å². The van der Waals surface area contributed by atoms with E-state index in [9.17, 15) is 55.9 Å². The Morgan fingerprint density at radius 1 is 0.756 bits per heavy atom. The summed E-state index contributed by atoms with van der Waals surface area (Å²) in [7, 11) is 1.31. The summed E-state index contributed by atoms with van der Waals surface area (Å²) in [6, 6.07) is 5.79. The van der Waals surface area contributed by atoms with Crippen molar-refractivity contribution in [2.24, 2.45) is 0 Å². The Hall–Kier alpha value is -3.75. The van der Waals surface area contributed by atoms with Crippen LogP contribution in [0.5, 0.6) is 28.7 Å². The van der Waals surface area contributed by atoms with Gasteiger partial charge in [-0.25, -0.2) is 0 Å². The molecule has 17 heteroatoms. The van der Waals surface area contributed by atoms with Gasteiger partial charge in [0.15, 0.2) is 29.7 Å². The molecule has 3 aromatic rings. The Morgan fingerprint density at radius 2 is 1.40 bits per heavy atom. The topological polar surface area (TPSA) is 279 Å². The molecule has 2 aliphatic heterocycles. The van der Waals surface area contributed by atoms with E-state index in [1.807, 2.05) is 0 Å². The predicted molar refractivity (Wildman–Crippen MR) is 146 cm³/mol. The van der Waals surface area contributed by atoms with Gasteiger partial charge in [-0.1, -0.05) is 0 Å². The molecule has 45 heavy (non-hydrogen) atoms. The number of hydrogen-bond acceptors (Lipinski definition) is 17. The highest BCUT2D eigenvalue weighted by atomic mass is 16.8. The van der Waals surface area contributed by atoms with Gasteiger partial charge in [0.25, 0.3) is 0 Å². The van der Waals surface area contributed by atoms with Crippen LogP contribution in [0.15, 0.2) is 39.5 Å². The van der Waals surface area contributed by atoms with E-state index >= 15 is 0 Å². The maximum atomic E-state index is 13.9. The van der Waals surface area contributed by atoms with E-state index in [0.717, 1.165) is 18.2 Å². The lowest BCUT2D eigenvalue weighted by Crippen LogP contribution is -2.65. The lowest BCUT2D eigenvalue weighted by Gasteiger charge is -2.45. The minimum Gasteiger partial charge on any atom is -0.507 e. The molecule has 0 aliphatic carbocycles. The van der Waals surface area contributed by atoms with Crippen molar-refractivity contribution in [3.63, 3.8) is 0 Å². The molecule has 2 aromatic carbocycles. The van der Waals surface area contributed by atoms with Crippen LogP contribution in [0.1, 0.15) is 0 Å². The van der Waals surface area contributed by atoms with Crippen molar-refractivity contribution in [1.82, 2.24) is 0 Å². The molecule has 0 amide bonds. The minimum absolute atomic E-state index is 0.0249. The zero-order valence-corrected chi connectivity index (χ0v) is 23.4. The number of rotatable bonds is 8. The minimum atomic E-state index is -1.96. The van der Waals surface area contributed by atoms with E-state index in [1.54, 1.807) is 0 Å². The Morgan fingerprint density at radius 3 is 2.02 bits per heavy atom. The summed E-state index contributed by atoms with van der Waals surface area (Å²) >= 11 is 0. The quantitative estimate of drug-likeness (QED) is 0.115. The molecule has 10 atom stereocenters. The maximum Gasteiger partial charge on any atom is 0.239 e. The largest absolute Gasteiger partial charge is 0.507 e. The van der Waals surface area contributed by atoms with Crippen molar-refractivity contribution in [3.05, 3.63) is 40.6 Å². The fourth-order valence-corrected chi connectivity index (χ4v) is 5.08. The number of aliphatic hydroxyl groups is 7. The molecule has 17 nitrogen and oxygen atoms in total. The highest BCUT2D eigenvalue weighted by Crippen LogP contribution is 2.40. The van der Waals surface area contributed by atoms with Crippen LogP contribution in [0.4, 0.5) is 0 Å². The van der Waals surface area contributed by atoms with Crippen molar-refractivity contribution in [1.29, 1.82) is 0 Å². The van der Waals surface area contributed by atoms with Gasteiger partial charge in [-0.2, -0.15) is 0 Å². The van der Waals surface area contributed by atoms with Gasteiger partial charge in [0.05, 0.1) is 20.3 Å². The third kappa shape index (κ3) is 5.98. The van der Waals surface area contributed by atoms with E-state index in [2.05, 4.69) is 0 Å². The number of phenols is 3. The fraction of sp³-hybridized carbons (Fsp3) is 0.464. The second-order valence-corrected chi connectivity index (χ2v) is 10.4. The molecule has 10 N–H and O–H groups in total. The molecule has 0 saturated carbocycles. The first-order valence-electron chi connectivity index (χ1n) is 13.5. The Bertz CT molecular complexity index is 1570. The first-order chi connectivity index (χ1) is 21.4. The molecule has 0 radical (unpaired) electrons. The van der Waals surface area contributed by atoms with Crippen LogP contribution >= 0.6 is 0 Å². The average Bonchev–Trinajstić information content (AvgIpc) is 3.02. The van der Waals surface area contributed by atoms with Gasteiger partial charge >= 0.3 is 0 Å². The lowest BCUT2D eigenvalue weighted by atomic mass is 9.97. The van der Waals surface area contributed by atoms with Gasteiger partial charge in [0.2, 0.25) is 17.5 Å². The summed E-state index contributed by atoms with van der Waals surface area (Å²) < 4.78 is 33.5. The summed E-state index contributed by atoms with van der Waals surface area (Å²) in [5.74, 6) is -2.65. The van der Waals surface area contributed by atoms with Gasteiger partial charge in [-0.3, -0.25) is 4.79 Å². The molecule has 0 spiro atoms. The normalized spacial score (nSPS) is 32.0. The molecular weight excluding hydrogens is 608 g/mol. The van der Waals surface area contributed by atoms with Gasteiger partial charge < -0.3 is 79.2 Å². The zero-order chi connectivity index (χ0) is 32.7. The number of ether oxygens (including phenoxy) is 5.